The summed E-state index contributed by atoms with van der Waals surface area (Å²) < 4.78 is 1.93. The second-order valence-corrected chi connectivity index (χ2v) is 7.70. The summed E-state index contributed by atoms with van der Waals surface area (Å²) in [6.45, 7) is 3.44. The highest BCUT2D eigenvalue weighted by Crippen LogP contribution is 2.27. The molecule has 2 N–H and O–H groups in total. The summed E-state index contributed by atoms with van der Waals surface area (Å²) in [5.74, 6) is 0.345. The van der Waals surface area contributed by atoms with Crippen LogP contribution in [0.2, 0.25) is 0 Å². The van der Waals surface area contributed by atoms with E-state index in [2.05, 4.69) is 10.3 Å². The molecule has 0 bridgehead atoms. The summed E-state index contributed by atoms with van der Waals surface area (Å²) in [5.41, 5.74) is 0.783. The van der Waals surface area contributed by atoms with Gasteiger partial charge in [-0.15, -0.1) is 11.3 Å². The van der Waals surface area contributed by atoms with Gasteiger partial charge in [0.25, 0.3) is 11.8 Å². The lowest BCUT2D eigenvalue weighted by Gasteiger charge is -2.33. The molecule has 0 aliphatic carbocycles. The Morgan fingerprint density at radius 2 is 2.14 bits per heavy atom. The van der Waals surface area contributed by atoms with Crippen LogP contribution in [0.5, 0.6) is 5.75 Å². The Bertz CT molecular complexity index is 1010. The van der Waals surface area contributed by atoms with Gasteiger partial charge < -0.3 is 19.9 Å². The van der Waals surface area contributed by atoms with Crippen molar-refractivity contribution in [1.82, 2.24) is 19.8 Å². The average Bonchev–Trinajstić information content (AvgIpc) is 3.36. The molecule has 3 aromatic rings. The highest BCUT2D eigenvalue weighted by molar-refractivity contribution is 7.09. The Morgan fingerprint density at radius 3 is 2.89 bits per heavy atom. The number of phenolic OH excluding ortho intramolecular Hbond substituents is 1. The highest BCUT2D eigenvalue weighted by Gasteiger charge is 2.31. The zero-order valence-electron chi connectivity index (χ0n) is 15.3. The zero-order valence-corrected chi connectivity index (χ0v) is 16.1. The van der Waals surface area contributed by atoms with Gasteiger partial charge in [-0.1, -0.05) is 12.1 Å². The van der Waals surface area contributed by atoms with E-state index in [1.165, 1.54) is 12.1 Å². The van der Waals surface area contributed by atoms with Gasteiger partial charge in [0.05, 0.1) is 12.6 Å². The molecule has 1 atom stereocenters. The van der Waals surface area contributed by atoms with Gasteiger partial charge in [0.15, 0.2) is 0 Å². The van der Waals surface area contributed by atoms with Crippen LogP contribution < -0.4 is 5.32 Å². The van der Waals surface area contributed by atoms with E-state index < -0.39 is 0 Å². The summed E-state index contributed by atoms with van der Waals surface area (Å²) in [4.78, 5) is 32.6. The highest BCUT2D eigenvalue weighted by atomic mass is 32.1. The molecule has 0 fully saturated rings. The Labute approximate surface area is 166 Å². The normalized spacial score (nSPS) is 15.9. The predicted molar refractivity (Wildman–Crippen MR) is 105 cm³/mol. The average molecular weight is 396 g/mol. The van der Waals surface area contributed by atoms with Crippen LogP contribution in [-0.2, 0) is 13.1 Å². The third-order valence-electron chi connectivity index (χ3n) is 4.82. The molecule has 144 valence electrons. The van der Waals surface area contributed by atoms with Crippen molar-refractivity contribution in [2.75, 3.05) is 6.54 Å². The molecule has 2 amide bonds. The van der Waals surface area contributed by atoms with Crippen LogP contribution >= 0.6 is 11.3 Å². The van der Waals surface area contributed by atoms with Gasteiger partial charge in [0.1, 0.15) is 17.3 Å². The van der Waals surface area contributed by atoms with Crippen LogP contribution in [0.15, 0.2) is 48.0 Å². The molecule has 0 saturated carbocycles. The van der Waals surface area contributed by atoms with Crippen LogP contribution in [0.4, 0.5) is 0 Å². The zero-order chi connectivity index (χ0) is 19.7. The molecule has 4 rings (SSSR count). The van der Waals surface area contributed by atoms with Gasteiger partial charge in [-0.05, 0) is 36.6 Å². The fourth-order valence-corrected chi connectivity index (χ4v) is 4.00. The third kappa shape index (κ3) is 3.50. The lowest BCUT2D eigenvalue weighted by atomic mass is 10.1. The third-order valence-corrected chi connectivity index (χ3v) is 5.70. The monoisotopic (exact) mass is 396 g/mol. The van der Waals surface area contributed by atoms with E-state index in [1.54, 1.807) is 34.6 Å². The van der Waals surface area contributed by atoms with E-state index in [-0.39, 0.29) is 23.6 Å². The number of rotatable bonds is 4. The van der Waals surface area contributed by atoms with Crippen LogP contribution in [0.25, 0.3) is 0 Å². The quantitative estimate of drug-likeness (QED) is 0.710. The van der Waals surface area contributed by atoms with Crippen molar-refractivity contribution in [2.24, 2.45) is 0 Å². The topological polar surface area (TPSA) is 87.5 Å². The predicted octanol–water partition coefficient (Wildman–Crippen LogP) is 2.80. The minimum absolute atomic E-state index is 0.0571. The number of thiophene rings is 1. The fraction of sp³-hybridized carbons (Fsp3) is 0.250. The number of aromatic hydroxyl groups is 1. The van der Waals surface area contributed by atoms with Crippen molar-refractivity contribution in [2.45, 2.75) is 26.1 Å². The van der Waals surface area contributed by atoms with Gasteiger partial charge in [0.2, 0.25) is 0 Å². The Balaban J connectivity index is 1.49. The molecule has 0 spiro atoms. The van der Waals surface area contributed by atoms with Crippen molar-refractivity contribution < 1.29 is 14.7 Å². The summed E-state index contributed by atoms with van der Waals surface area (Å²) in [6.07, 6.45) is 1.74. The minimum Gasteiger partial charge on any atom is -0.508 e. The maximum atomic E-state index is 12.8. The molecule has 7 nitrogen and oxygen atoms in total. The summed E-state index contributed by atoms with van der Waals surface area (Å²) in [7, 11) is 0. The number of nitrogens with one attached hydrogen (secondary N) is 1. The first-order valence-corrected chi connectivity index (χ1v) is 9.88. The number of nitrogens with zero attached hydrogens (tertiary/aromatic N) is 3. The van der Waals surface area contributed by atoms with Crippen LogP contribution in [0.1, 0.15) is 44.5 Å². The number of fused-ring (bicyclic) bond motifs is 1. The molecule has 1 aliphatic rings. The van der Waals surface area contributed by atoms with E-state index in [9.17, 15) is 14.7 Å². The number of hydrogen-bond acceptors (Lipinski definition) is 5. The molecule has 8 heteroatoms. The first kappa shape index (κ1) is 18.2. The van der Waals surface area contributed by atoms with Gasteiger partial charge in [-0.3, -0.25) is 9.59 Å². The standard InChI is InChI=1S/C20H20N4O3S/c1-13-18-22-17(19(26)21-11-16-6-3-9-28-16)12-23(18)7-8-24(13)20(27)14-4-2-5-15(25)10-14/h2-6,9-10,12-13,25H,7-8,11H2,1H3,(H,21,26)/t13-/m1/s1. The lowest BCUT2D eigenvalue weighted by Crippen LogP contribution is -2.41. The number of carbonyl (C=O) groups excluding carboxylic acids is 2. The first-order valence-electron chi connectivity index (χ1n) is 9.00. The van der Waals surface area contributed by atoms with Crippen molar-refractivity contribution >= 4 is 23.2 Å². The van der Waals surface area contributed by atoms with Crippen molar-refractivity contribution in [1.29, 1.82) is 0 Å². The van der Waals surface area contributed by atoms with E-state index in [4.69, 9.17) is 0 Å². The minimum atomic E-state index is -0.276. The first-order chi connectivity index (χ1) is 13.5. The number of hydrogen-bond donors (Lipinski definition) is 2. The number of phenols is 1. The largest absolute Gasteiger partial charge is 0.508 e. The summed E-state index contributed by atoms with van der Waals surface area (Å²) >= 11 is 1.59. The molecule has 0 radical (unpaired) electrons. The van der Waals surface area contributed by atoms with E-state index in [0.717, 1.165) is 4.88 Å². The number of benzene rings is 1. The summed E-state index contributed by atoms with van der Waals surface area (Å²) in [6, 6.07) is 9.96. The van der Waals surface area contributed by atoms with Crippen LogP contribution in [0, 0.1) is 0 Å². The summed E-state index contributed by atoms with van der Waals surface area (Å²) in [5, 5.41) is 14.5. The molecule has 1 aromatic carbocycles. The molecule has 0 saturated heterocycles. The second kappa shape index (κ2) is 7.47. The Kier molecular flexibility index (Phi) is 4.87. The second-order valence-electron chi connectivity index (χ2n) is 6.66. The van der Waals surface area contributed by atoms with Crippen molar-refractivity contribution in [3.63, 3.8) is 0 Å². The molecule has 2 aromatic heterocycles. The van der Waals surface area contributed by atoms with Gasteiger partial charge in [-0.2, -0.15) is 0 Å². The number of amides is 2. The van der Waals surface area contributed by atoms with Crippen LogP contribution in [0.3, 0.4) is 0 Å². The van der Waals surface area contributed by atoms with Gasteiger partial charge >= 0.3 is 0 Å². The smallest absolute Gasteiger partial charge is 0.271 e. The fourth-order valence-electron chi connectivity index (χ4n) is 3.35. The molecule has 1 aliphatic heterocycles. The van der Waals surface area contributed by atoms with Crippen LogP contribution in [-0.4, -0.2) is 37.9 Å². The number of carbonyl (C=O) groups is 2. The number of imidazole rings is 1. The van der Waals surface area contributed by atoms with Crippen molar-refractivity contribution in [3.8, 4) is 5.75 Å². The Morgan fingerprint density at radius 1 is 1.29 bits per heavy atom. The van der Waals surface area contributed by atoms with E-state index in [1.807, 2.05) is 29.0 Å². The Hall–Kier alpha value is -3.13. The van der Waals surface area contributed by atoms with E-state index in [0.29, 0.717) is 36.7 Å². The SMILES string of the molecule is C[C@@H]1c2nc(C(=O)NCc3cccs3)cn2CCN1C(=O)c1cccc(O)c1. The lowest BCUT2D eigenvalue weighted by molar-refractivity contribution is 0.0637. The van der Waals surface area contributed by atoms with E-state index >= 15 is 0 Å². The molecule has 3 heterocycles. The molecule has 28 heavy (non-hydrogen) atoms. The van der Waals surface area contributed by atoms with Gasteiger partial charge in [-0.25, -0.2) is 4.98 Å². The maximum absolute atomic E-state index is 12.8. The van der Waals surface area contributed by atoms with Gasteiger partial charge in [0, 0.05) is 29.7 Å². The molecule has 0 unspecified atom stereocenters. The maximum Gasteiger partial charge on any atom is 0.271 e. The molecular weight excluding hydrogens is 376 g/mol. The van der Waals surface area contributed by atoms with Crippen molar-refractivity contribution in [3.05, 3.63) is 69.9 Å². The number of aromatic nitrogens is 2. The molecular formula is C20H20N4O3S.